The van der Waals surface area contributed by atoms with Gasteiger partial charge >= 0.3 is 0 Å². The van der Waals surface area contributed by atoms with Gasteiger partial charge in [-0.3, -0.25) is 0 Å². The first-order chi connectivity index (χ1) is 14.6. The molecule has 5 aliphatic rings. The molecular formula is C31H54. The van der Waals surface area contributed by atoms with E-state index in [-0.39, 0.29) is 0 Å². The van der Waals surface area contributed by atoms with Crippen molar-refractivity contribution >= 4 is 0 Å². The second-order valence-electron chi connectivity index (χ2n) is 14.9. The zero-order chi connectivity index (χ0) is 22.2. The molecule has 0 aromatic carbocycles. The predicted octanol–water partition coefficient (Wildman–Crippen LogP) is 9.52. The number of hydrogen-bond acceptors (Lipinski definition) is 0. The smallest absolute Gasteiger partial charge is 0.0235 e. The van der Waals surface area contributed by atoms with Crippen LogP contribution in [0, 0.1) is 63.1 Å². The molecule has 0 aliphatic heterocycles. The van der Waals surface area contributed by atoms with Crippen molar-refractivity contribution < 1.29 is 0 Å². The van der Waals surface area contributed by atoms with Gasteiger partial charge in [0.1, 0.15) is 0 Å². The van der Waals surface area contributed by atoms with Crippen LogP contribution in [0.25, 0.3) is 0 Å². The van der Waals surface area contributed by atoms with Gasteiger partial charge < -0.3 is 0 Å². The fraction of sp³-hybridized carbons (Fsp3) is 1.00. The van der Waals surface area contributed by atoms with Crippen LogP contribution in [0.15, 0.2) is 0 Å². The largest absolute Gasteiger partial charge is 0.0654 e. The minimum Gasteiger partial charge on any atom is -0.0654 e. The Kier molecular flexibility index (Phi) is 5.51. The van der Waals surface area contributed by atoms with Crippen LogP contribution in [-0.4, -0.2) is 0 Å². The number of rotatable bonds is 3. The van der Waals surface area contributed by atoms with Crippen molar-refractivity contribution in [2.75, 3.05) is 0 Å². The standard InChI is InChI=1S/C31H54/c1-8-10-21(2)22-11-12-24-23(22)15-19-30(6)25(24)13-14-27-29(5)18-9-17-28(3,4)26(29)16-20-31(27,30)7/h21-27H,8-20H2,1-7H3/t21-,22+,23-,24+,25-,26+,27-,29+,30-,31-/m1/s1. The molecule has 5 aliphatic carbocycles. The van der Waals surface area contributed by atoms with E-state index in [9.17, 15) is 0 Å². The van der Waals surface area contributed by atoms with E-state index in [1.807, 2.05) is 0 Å². The zero-order valence-electron chi connectivity index (χ0n) is 22.2. The molecule has 0 radical (unpaired) electrons. The van der Waals surface area contributed by atoms with Crippen molar-refractivity contribution in [3.63, 3.8) is 0 Å². The first kappa shape index (κ1) is 22.8. The average molecular weight is 427 g/mol. The summed E-state index contributed by atoms with van der Waals surface area (Å²) >= 11 is 0. The van der Waals surface area contributed by atoms with E-state index in [0.29, 0.717) is 21.7 Å². The molecule has 0 unspecified atom stereocenters. The lowest BCUT2D eigenvalue weighted by molar-refractivity contribution is -0.227. The predicted molar refractivity (Wildman–Crippen MR) is 134 cm³/mol. The summed E-state index contributed by atoms with van der Waals surface area (Å²) in [5.41, 5.74) is 2.37. The highest BCUT2D eigenvalue weighted by Gasteiger charge is 2.68. The summed E-state index contributed by atoms with van der Waals surface area (Å²) in [7, 11) is 0. The summed E-state index contributed by atoms with van der Waals surface area (Å²) in [6.45, 7) is 18.6. The number of hydrogen-bond donors (Lipinski definition) is 0. The highest BCUT2D eigenvalue weighted by molar-refractivity contribution is 5.16. The first-order valence-corrected chi connectivity index (χ1v) is 14.6. The SMILES string of the molecule is CCC[C@@H](C)[C@@H]1CC[C@H]2[C@@H]1CC[C@]1(C)[C@@H]2CC[C@@H]2[C@@]3(C)CCCC(C)(C)[C@@H]3CC[C@]21C. The lowest BCUT2D eigenvalue weighted by Crippen LogP contribution is -2.64. The Morgan fingerprint density at radius 3 is 2.19 bits per heavy atom. The second-order valence-corrected chi connectivity index (χ2v) is 14.9. The van der Waals surface area contributed by atoms with Crippen molar-refractivity contribution in [1.82, 2.24) is 0 Å². The Labute approximate surface area is 195 Å². The van der Waals surface area contributed by atoms with Crippen molar-refractivity contribution in [2.24, 2.45) is 63.1 Å². The molecule has 0 bridgehead atoms. The van der Waals surface area contributed by atoms with Gasteiger partial charge in [-0.1, -0.05) is 67.7 Å². The molecule has 31 heavy (non-hydrogen) atoms. The monoisotopic (exact) mass is 426 g/mol. The molecule has 178 valence electrons. The molecule has 0 amide bonds. The van der Waals surface area contributed by atoms with Crippen LogP contribution < -0.4 is 0 Å². The quantitative estimate of drug-likeness (QED) is 0.421. The first-order valence-electron chi connectivity index (χ1n) is 14.6. The molecule has 5 saturated carbocycles. The third-order valence-corrected chi connectivity index (χ3v) is 13.6. The lowest BCUT2D eigenvalue weighted by atomic mass is 9.33. The fourth-order valence-electron chi connectivity index (χ4n) is 12.1. The molecule has 0 heterocycles. The highest BCUT2D eigenvalue weighted by Crippen LogP contribution is 2.75. The normalized spacial score (nSPS) is 54.3. The van der Waals surface area contributed by atoms with Crippen molar-refractivity contribution in [2.45, 2.75) is 132 Å². The minimum atomic E-state index is 0.567. The molecule has 0 N–H and O–H groups in total. The zero-order valence-corrected chi connectivity index (χ0v) is 22.2. The van der Waals surface area contributed by atoms with Crippen LogP contribution in [0.5, 0.6) is 0 Å². The third-order valence-electron chi connectivity index (χ3n) is 13.6. The molecule has 10 atom stereocenters. The van der Waals surface area contributed by atoms with E-state index < -0.39 is 0 Å². The van der Waals surface area contributed by atoms with Crippen LogP contribution in [-0.2, 0) is 0 Å². The molecule has 0 heteroatoms. The van der Waals surface area contributed by atoms with Crippen LogP contribution in [0.4, 0.5) is 0 Å². The summed E-state index contributed by atoms with van der Waals surface area (Å²) < 4.78 is 0. The Balaban J connectivity index is 1.44. The average Bonchev–Trinajstić information content (AvgIpc) is 3.12. The van der Waals surface area contributed by atoms with E-state index >= 15 is 0 Å². The summed E-state index contributed by atoms with van der Waals surface area (Å²) in [5.74, 6) is 7.13. The van der Waals surface area contributed by atoms with E-state index in [1.54, 1.807) is 38.5 Å². The minimum absolute atomic E-state index is 0.567. The van der Waals surface area contributed by atoms with Gasteiger partial charge in [-0.05, 0) is 127 Å². The number of fused-ring (bicyclic) bond motifs is 7. The van der Waals surface area contributed by atoms with Crippen molar-refractivity contribution in [3.8, 4) is 0 Å². The Morgan fingerprint density at radius 1 is 0.710 bits per heavy atom. The fourth-order valence-corrected chi connectivity index (χ4v) is 12.1. The molecule has 5 fully saturated rings. The van der Waals surface area contributed by atoms with Gasteiger partial charge in [0.25, 0.3) is 0 Å². The Hall–Kier alpha value is 0. The van der Waals surface area contributed by atoms with Crippen LogP contribution in [0.3, 0.4) is 0 Å². The van der Waals surface area contributed by atoms with Gasteiger partial charge in [-0.2, -0.15) is 0 Å². The van der Waals surface area contributed by atoms with E-state index in [4.69, 9.17) is 0 Å². The topological polar surface area (TPSA) is 0 Å². The molecule has 0 saturated heterocycles. The summed E-state index contributed by atoms with van der Waals surface area (Å²) in [4.78, 5) is 0. The van der Waals surface area contributed by atoms with Gasteiger partial charge in [-0.25, -0.2) is 0 Å². The molecule has 0 aromatic rings. The lowest BCUT2D eigenvalue weighted by Gasteiger charge is -2.71. The maximum Gasteiger partial charge on any atom is -0.0235 e. The Morgan fingerprint density at radius 2 is 1.45 bits per heavy atom. The molecule has 0 nitrogen and oxygen atoms in total. The van der Waals surface area contributed by atoms with Gasteiger partial charge in [-0.15, -0.1) is 0 Å². The van der Waals surface area contributed by atoms with Crippen LogP contribution in [0.2, 0.25) is 0 Å². The molecular weight excluding hydrogens is 372 g/mol. The van der Waals surface area contributed by atoms with Gasteiger partial charge in [0.2, 0.25) is 0 Å². The maximum absolute atomic E-state index is 2.82. The van der Waals surface area contributed by atoms with E-state index in [2.05, 4.69) is 48.5 Å². The van der Waals surface area contributed by atoms with Gasteiger partial charge in [0.15, 0.2) is 0 Å². The van der Waals surface area contributed by atoms with E-state index in [0.717, 1.165) is 41.4 Å². The molecule has 0 spiro atoms. The van der Waals surface area contributed by atoms with Crippen LogP contribution in [0.1, 0.15) is 132 Å². The second kappa shape index (κ2) is 7.50. The summed E-state index contributed by atoms with van der Waals surface area (Å²) in [5, 5.41) is 0. The van der Waals surface area contributed by atoms with Crippen molar-refractivity contribution in [1.29, 1.82) is 0 Å². The summed E-state index contributed by atoms with van der Waals surface area (Å²) in [6, 6.07) is 0. The Bertz CT molecular complexity index is 676. The van der Waals surface area contributed by atoms with Crippen molar-refractivity contribution in [3.05, 3.63) is 0 Å². The molecule has 0 aromatic heterocycles. The van der Waals surface area contributed by atoms with E-state index in [1.165, 1.54) is 44.9 Å². The molecule has 5 rings (SSSR count). The van der Waals surface area contributed by atoms with Crippen LogP contribution >= 0.6 is 0 Å². The van der Waals surface area contributed by atoms with Gasteiger partial charge in [0, 0.05) is 0 Å². The third kappa shape index (κ3) is 3.04. The summed E-state index contributed by atoms with van der Waals surface area (Å²) in [6.07, 6.45) is 19.7. The maximum atomic E-state index is 2.82. The highest BCUT2D eigenvalue weighted by atomic mass is 14.7. The van der Waals surface area contributed by atoms with Gasteiger partial charge in [0.05, 0.1) is 0 Å².